The number of rotatable bonds is 1. The molecule has 2 N–H and O–H groups in total. The van der Waals surface area contributed by atoms with Gasteiger partial charge in [0.1, 0.15) is 0 Å². The maximum atomic E-state index is 10.5. The minimum Gasteiger partial charge on any atom is -0.465 e. The van der Waals surface area contributed by atoms with Crippen LogP contribution in [0.2, 0.25) is 0 Å². The van der Waals surface area contributed by atoms with Crippen LogP contribution in [0.15, 0.2) is 0 Å². The Balaban J connectivity index is 2.01. The first-order valence-corrected chi connectivity index (χ1v) is 4.90. The Morgan fingerprint density at radius 1 is 1.38 bits per heavy atom. The maximum Gasteiger partial charge on any atom is 0.404 e. The van der Waals surface area contributed by atoms with Crippen LogP contribution in [0, 0.1) is 0 Å². The second-order valence-corrected chi connectivity index (χ2v) is 4.10. The van der Waals surface area contributed by atoms with Gasteiger partial charge in [0.2, 0.25) is 0 Å². The molecule has 0 unspecified atom stereocenters. The van der Waals surface area contributed by atoms with Crippen LogP contribution in [0.5, 0.6) is 0 Å². The van der Waals surface area contributed by atoms with Crippen molar-refractivity contribution in [1.82, 2.24) is 10.2 Å². The van der Waals surface area contributed by atoms with Crippen molar-refractivity contribution in [2.75, 3.05) is 7.05 Å². The molecule has 0 aromatic rings. The van der Waals surface area contributed by atoms with Crippen molar-refractivity contribution in [1.29, 1.82) is 0 Å². The van der Waals surface area contributed by atoms with Crippen molar-refractivity contribution in [2.45, 2.75) is 43.8 Å². The molecule has 3 atom stereocenters. The van der Waals surface area contributed by atoms with Crippen molar-refractivity contribution >= 4 is 6.09 Å². The molecule has 0 aliphatic carbocycles. The number of amides is 1. The summed E-state index contributed by atoms with van der Waals surface area (Å²) < 4.78 is 0. The quantitative estimate of drug-likeness (QED) is 0.636. The molecule has 2 aliphatic rings. The van der Waals surface area contributed by atoms with Gasteiger partial charge >= 0.3 is 6.09 Å². The molecule has 2 aliphatic heterocycles. The van der Waals surface area contributed by atoms with E-state index in [0.29, 0.717) is 12.1 Å². The van der Waals surface area contributed by atoms with E-state index in [1.54, 1.807) is 0 Å². The highest BCUT2D eigenvalue weighted by atomic mass is 16.4. The van der Waals surface area contributed by atoms with Crippen LogP contribution >= 0.6 is 0 Å². The molecule has 0 saturated carbocycles. The van der Waals surface area contributed by atoms with Crippen LogP contribution in [-0.2, 0) is 0 Å². The van der Waals surface area contributed by atoms with Gasteiger partial charge in [-0.15, -0.1) is 0 Å². The van der Waals surface area contributed by atoms with E-state index in [-0.39, 0.29) is 6.04 Å². The smallest absolute Gasteiger partial charge is 0.404 e. The largest absolute Gasteiger partial charge is 0.465 e. The average Bonchev–Trinajstić information content (AvgIpc) is 2.31. The van der Waals surface area contributed by atoms with E-state index in [4.69, 9.17) is 5.11 Å². The van der Waals surface area contributed by atoms with Gasteiger partial charge in [-0.05, 0) is 32.7 Å². The molecule has 13 heavy (non-hydrogen) atoms. The summed E-state index contributed by atoms with van der Waals surface area (Å²) in [7, 11) is 2.11. The normalized spacial score (nSPS) is 39.0. The lowest BCUT2D eigenvalue weighted by Crippen LogP contribution is -2.52. The van der Waals surface area contributed by atoms with Crippen LogP contribution in [0.1, 0.15) is 25.7 Å². The maximum absolute atomic E-state index is 10.5. The van der Waals surface area contributed by atoms with E-state index in [1.807, 2.05) is 0 Å². The average molecular weight is 184 g/mol. The van der Waals surface area contributed by atoms with E-state index >= 15 is 0 Å². The third kappa shape index (κ3) is 1.50. The Morgan fingerprint density at radius 2 is 2.08 bits per heavy atom. The highest BCUT2D eigenvalue weighted by Crippen LogP contribution is 2.34. The van der Waals surface area contributed by atoms with Crippen LogP contribution in [0.4, 0.5) is 4.79 Å². The second-order valence-electron chi connectivity index (χ2n) is 4.10. The first kappa shape index (κ1) is 8.81. The predicted molar refractivity (Wildman–Crippen MR) is 48.8 cm³/mol. The van der Waals surface area contributed by atoms with Gasteiger partial charge in [-0.25, -0.2) is 4.79 Å². The molecular formula is C9H16N2O2. The van der Waals surface area contributed by atoms with Gasteiger partial charge in [0.25, 0.3) is 0 Å². The van der Waals surface area contributed by atoms with Crippen LogP contribution in [0.3, 0.4) is 0 Å². The van der Waals surface area contributed by atoms with Gasteiger partial charge < -0.3 is 10.4 Å². The van der Waals surface area contributed by atoms with Crippen molar-refractivity contribution in [3.8, 4) is 0 Å². The van der Waals surface area contributed by atoms with Crippen LogP contribution < -0.4 is 5.32 Å². The van der Waals surface area contributed by atoms with E-state index in [0.717, 1.165) is 19.3 Å². The summed E-state index contributed by atoms with van der Waals surface area (Å²) in [6.45, 7) is 0. The standard InChI is InChI=1S/C9H16N2O2/c1-11-6-2-4-7(10-9(12)13)8(11)5-3-6/h6-8,10H,2-5H2,1H3,(H,12,13)/t6-,7-,8-/m1/s1. The molecule has 4 nitrogen and oxygen atoms in total. The minimum absolute atomic E-state index is 0.154. The molecule has 2 heterocycles. The summed E-state index contributed by atoms with van der Waals surface area (Å²) in [6.07, 6.45) is 3.64. The van der Waals surface area contributed by atoms with E-state index in [9.17, 15) is 4.79 Å². The fraction of sp³-hybridized carbons (Fsp3) is 0.889. The Bertz CT molecular complexity index is 220. The molecule has 1 amide bonds. The predicted octanol–water partition coefficient (Wildman–Crippen LogP) is 0.879. The molecular weight excluding hydrogens is 168 g/mol. The third-order valence-corrected chi connectivity index (χ3v) is 3.48. The summed E-state index contributed by atoms with van der Waals surface area (Å²) in [5.41, 5.74) is 0. The minimum atomic E-state index is -0.885. The van der Waals surface area contributed by atoms with Crippen molar-refractivity contribution in [3.05, 3.63) is 0 Å². The summed E-state index contributed by atoms with van der Waals surface area (Å²) in [5.74, 6) is 0. The SMILES string of the molecule is CN1[C@H]2CC[C@@H]1[C@H](NC(=O)O)CC2. The lowest BCUT2D eigenvalue weighted by Gasteiger charge is -2.37. The van der Waals surface area contributed by atoms with Gasteiger partial charge in [0.05, 0.1) is 0 Å². The molecule has 2 saturated heterocycles. The molecule has 0 aromatic carbocycles. The van der Waals surface area contributed by atoms with Gasteiger partial charge in [-0.3, -0.25) is 4.90 Å². The second kappa shape index (κ2) is 3.18. The van der Waals surface area contributed by atoms with E-state index < -0.39 is 6.09 Å². The molecule has 0 aromatic heterocycles. The van der Waals surface area contributed by atoms with Crippen LogP contribution in [-0.4, -0.2) is 41.3 Å². The van der Waals surface area contributed by atoms with E-state index in [2.05, 4.69) is 17.3 Å². The molecule has 4 heteroatoms. The number of likely N-dealkylation sites (N-methyl/N-ethyl adjacent to an activating group) is 1. The van der Waals surface area contributed by atoms with Gasteiger partial charge in [0, 0.05) is 18.1 Å². The van der Waals surface area contributed by atoms with Gasteiger partial charge in [-0.2, -0.15) is 0 Å². The fourth-order valence-electron chi connectivity index (χ4n) is 2.77. The monoisotopic (exact) mass is 184 g/mol. The zero-order valence-electron chi connectivity index (χ0n) is 7.86. The number of fused-ring (bicyclic) bond motifs is 2. The van der Waals surface area contributed by atoms with E-state index in [1.165, 1.54) is 6.42 Å². The molecule has 2 fully saturated rings. The summed E-state index contributed by atoms with van der Waals surface area (Å²) in [6, 6.07) is 1.30. The van der Waals surface area contributed by atoms with Crippen LogP contribution in [0.25, 0.3) is 0 Å². The first-order valence-electron chi connectivity index (χ1n) is 4.90. The Labute approximate surface area is 77.9 Å². The molecule has 0 spiro atoms. The number of nitrogens with one attached hydrogen (secondary N) is 1. The lowest BCUT2D eigenvalue weighted by atomic mass is 9.98. The van der Waals surface area contributed by atoms with Gasteiger partial charge in [0.15, 0.2) is 0 Å². The zero-order chi connectivity index (χ0) is 9.42. The number of carbonyl (C=O) groups is 1. The Kier molecular flexibility index (Phi) is 2.15. The summed E-state index contributed by atoms with van der Waals surface area (Å²) in [4.78, 5) is 12.9. The number of nitrogens with zero attached hydrogens (tertiary/aromatic N) is 1. The molecule has 0 radical (unpaired) electrons. The van der Waals surface area contributed by atoms with Crippen molar-refractivity contribution < 1.29 is 9.90 Å². The highest BCUT2D eigenvalue weighted by molar-refractivity contribution is 5.65. The third-order valence-electron chi connectivity index (χ3n) is 3.48. The topological polar surface area (TPSA) is 52.6 Å². The van der Waals surface area contributed by atoms with Gasteiger partial charge in [-0.1, -0.05) is 0 Å². The van der Waals surface area contributed by atoms with Crippen molar-refractivity contribution in [2.24, 2.45) is 0 Å². The number of hydrogen-bond acceptors (Lipinski definition) is 2. The summed E-state index contributed by atoms with van der Waals surface area (Å²) >= 11 is 0. The number of carboxylic acid groups (broad SMARTS) is 1. The first-order chi connectivity index (χ1) is 6.18. The number of hydrogen-bond donors (Lipinski definition) is 2. The number of piperidine rings is 1. The highest BCUT2D eigenvalue weighted by Gasteiger charge is 2.40. The molecule has 2 bridgehead atoms. The summed E-state index contributed by atoms with van der Waals surface area (Å²) in [5, 5.41) is 11.3. The zero-order valence-corrected chi connectivity index (χ0v) is 7.86. The lowest BCUT2D eigenvalue weighted by molar-refractivity contribution is 0.130. The van der Waals surface area contributed by atoms with Crippen molar-refractivity contribution in [3.63, 3.8) is 0 Å². The Morgan fingerprint density at radius 3 is 2.77 bits per heavy atom. The Hall–Kier alpha value is -0.770. The molecule has 74 valence electrons. The fourth-order valence-corrected chi connectivity index (χ4v) is 2.77. The molecule has 2 rings (SSSR count).